The number of hydrogen-bond donors (Lipinski definition) is 0. The Labute approximate surface area is 93.5 Å². The van der Waals surface area contributed by atoms with E-state index in [2.05, 4.69) is 4.98 Å². The minimum atomic E-state index is 0.603. The first-order valence-electron chi connectivity index (χ1n) is 4.56. The molecule has 2 nitrogen and oxygen atoms in total. The predicted octanol–water partition coefficient (Wildman–Crippen LogP) is 3.41. The summed E-state index contributed by atoms with van der Waals surface area (Å²) < 4.78 is 4.99. The summed E-state index contributed by atoms with van der Waals surface area (Å²) in [5, 5.41) is 0.726. The van der Waals surface area contributed by atoms with Crippen LogP contribution in [-0.2, 0) is 0 Å². The minimum Gasteiger partial charge on any atom is -0.481 e. The first-order chi connectivity index (χ1) is 7.31. The van der Waals surface area contributed by atoms with E-state index in [-0.39, 0.29) is 0 Å². The van der Waals surface area contributed by atoms with Gasteiger partial charge in [0.2, 0.25) is 5.88 Å². The van der Waals surface area contributed by atoms with Crippen LogP contribution in [0.5, 0.6) is 5.88 Å². The molecule has 0 saturated heterocycles. The van der Waals surface area contributed by atoms with Crippen LogP contribution in [0.4, 0.5) is 0 Å². The Hall–Kier alpha value is -1.54. The topological polar surface area (TPSA) is 22.1 Å². The third kappa shape index (κ3) is 2.10. The van der Waals surface area contributed by atoms with Crippen molar-refractivity contribution in [2.45, 2.75) is 0 Å². The molecule has 0 amide bonds. The van der Waals surface area contributed by atoms with Gasteiger partial charge in [-0.3, -0.25) is 0 Å². The Bertz CT molecular complexity index is 453. The van der Waals surface area contributed by atoms with Gasteiger partial charge in [-0.05, 0) is 12.1 Å². The van der Waals surface area contributed by atoms with Crippen LogP contribution in [0.2, 0.25) is 5.02 Å². The van der Waals surface area contributed by atoms with Crippen LogP contribution in [0.1, 0.15) is 0 Å². The van der Waals surface area contributed by atoms with Gasteiger partial charge in [0.25, 0.3) is 0 Å². The molecule has 0 fully saturated rings. The molecule has 2 rings (SSSR count). The van der Waals surface area contributed by atoms with Crippen molar-refractivity contribution >= 4 is 11.6 Å². The Kier molecular flexibility index (Phi) is 2.88. The highest BCUT2D eigenvalue weighted by Gasteiger charge is 2.02. The van der Waals surface area contributed by atoms with Crippen LogP contribution in [0.3, 0.4) is 0 Å². The summed E-state index contributed by atoms with van der Waals surface area (Å²) in [5.74, 6) is 0.603. The fraction of sp³-hybridized carbons (Fsp3) is 0.0833. The zero-order valence-corrected chi connectivity index (χ0v) is 9.03. The zero-order valence-electron chi connectivity index (χ0n) is 8.27. The van der Waals surface area contributed by atoms with Gasteiger partial charge in [-0.15, -0.1) is 0 Å². The molecule has 0 atom stereocenters. The van der Waals surface area contributed by atoms with Crippen molar-refractivity contribution in [3.8, 4) is 17.0 Å². The number of methoxy groups -OCH3 is 1. The molecule has 76 valence electrons. The van der Waals surface area contributed by atoms with Crippen molar-refractivity contribution < 1.29 is 4.74 Å². The van der Waals surface area contributed by atoms with Crippen molar-refractivity contribution in [1.29, 1.82) is 0 Å². The molecule has 0 aliphatic rings. The van der Waals surface area contributed by atoms with E-state index in [1.165, 1.54) is 0 Å². The number of benzene rings is 1. The molecule has 2 aromatic rings. The monoisotopic (exact) mass is 219 g/mol. The predicted molar refractivity (Wildman–Crippen MR) is 61.2 cm³/mol. The highest BCUT2D eigenvalue weighted by molar-refractivity contribution is 6.33. The number of nitrogens with zero attached hydrogens (tertiary/aromatic N) is 1. The highest BCUT2D eigenvalue weighted by Crippen LogP contribution is 2.27. The molecule has 0 bridgehead atoms. The first kappa shape index (κ1) is 9.99. The van der Waals surface area contributed by atoms with E-state index in [4.69, 9.17) is 16.3 Å². The number of hydrogen-bond acceptors (Lipinski definition) is 2. The molecular formula is C12H10ClNO. The van der Waals surface area contributed by atoms with Gasteiger partial charge in [-0.1, -0.05) is 29.8 Å². The quantitative estimate of drug-likeness (QED) is 0.772. The van der Waals surface area contributed by atoms with Crippen LogP contribution in [0, 0.1) is 0 Å². The third-order valence-corrected chi connectivity index (χ3v) is 2.46. The first-order valence-corrected chi connectivity index (χ1v) is 4.94. The maximum atomic E-state index is 6.07. The Morgan fingerprint density at radius 1 is 1.13 bits per heavy atom. The molecule has 0 unspecified atom stereocenters. The highest BCUT2D eigenvalue weighted by atomic mass is 35.5. The summed E-state index contributed by atoms with van der Waals surface area (Å²) in [7, 11) is 1.59. The van der Waals surface area contributed by atoms with Gasteiger partial charge in [0, 0.05) is 28.4 Å². The second-order valence-corrected chi connectivity index (χ2v) is 3.48. The van der Waals surface area contributed by atoms with Crippen molar-refractivity contribution in [3.63, 3.8) is 0 Å². The van der Waals surface area contributed by atoms with E-state index in [1.54, 1.807) is 13.3 Å². The summed E-state index contributed by atoms with van der Waals surface area (Å²) in [6, 6.07) is 11.4. The normalized spacial score (nSPS) is 10.0. The average Bonchev–Trinajstić information content (AvgIpc) is 2.30. The average molecular weight is 220 g/mol. The fourth-order valence-corrected chi connectivity index (χ4v) is 1.60. The Morgan fingerprint density at radius 3 is 2.53 bits per heavy atom. The van der Waals surface area contributed by atoms with Crippen molar-refractivity contribution in [2.75, 3.05) is 7.11 Å². The van der Waals surface area contributed by atoms with Crippen molar-refractivity contribution in [2.24, 2.45) is 0 Å². The lowest BCUT2D eigenvalue weighted by Crippen LogP contribution is -1.87. The summed E-state index contributed by atoms with van der Waals surface area (Å²) in [4.78, 5) is 4.13. The van der Waals surface area contributed by atoms with E-state index < -0.39 is 0 Å². The van der Waals surface area contributed by atoms with Crippen molar-refractivity contribution in [1.82, 2.24) is 4.98 Å². The SMILES string of the molecule is COc1ccc(-c2ccccc2Cl)cn1. The Morgan fingerprint density at radius 2 is 1.93 bits per heavy atom. The number of pyridine rings is 1. The van der Waals surface area contributed by atoms with Gasteiger partial charge in [-0.2, -0.15) is 0 Å². The van der Waals surface area contributed by atoms with Gasteiger partial charge >= 0.3 is 0 Å². The maximum absolute atomic E-state index is 6.07. The van der Waals surface area contributed by atoms with Crippen LogP contribution in [0.25, 0.3) is 11.1 Å². The second kappa shape index (κ2) is 4.32. The molecule has 1 heterocycles. The standard InChI is InChI=1S/C12H10ClNO/c1-15-12-7-6-9(8-14-12)10-4-2-3-5-11(10)13/h2-8H,1H3. The van der Waals surface area contributed by atoms with Gasteiger partial charge < -0.3 is 4.74 Å². The minimum absolute atomic E-state index is 0.603. The van der Waals surface area contributed by atoms with E-state index >= 15 is 0 Å². The van der Waals surface area contributed by atoms with Crippen LogP contribution < -0.4 is 4.74 Å². The lowest BCUT2D eigenvalue weighted by atomic mass is 10.1. The second-order valence-electron chi connectivity index (χ2n) is 3.07. The fourth-order valence-electron chi connectivity index (χ4n) is 1.36. The molecule has 0 saturated carbocycles. The molecule has 0 aliphatic carbocycles. The molecule has 3 heteroatoms. The smallest absolute Gasteiger partial charge is 0.212 e. The van der Waals surface area contributed by atoms with Gasteiger partial charge in [0.1, 0.15) is 0 Å². The number of aromatic nitrogens is 1. The summed E-state index contributed by atoms with van der Waals surface area (Å²) >= 11 is 6.07. The van der Waals surface area contributed by atoms with Gasteiger partial charge in [-0.25, -0.2) is 4.98 Å². The molecule has 1 aromatic heterocycles. The van der Waals surface area contributed by atoms with E-state index in [1.807, 2.05) is 36.4 Å². The maximum Gasteiger partial charge on any atom is 0.212 e. The van der Waals surface area contributed by atoms with E-state index in [9.17, 15) is 0 Å². The van der Waals surface area contributed by atoms with E-state index in [0.29, 0.717) is 5.88 Å². The van der Waals surface area contributed by atoms with Crippen molar-refractivity contribution in [3.05, 3.63) is 47.6 Å². The molecule has 0 radical (unpaired) electrons. The summed E-state index contributed by atoms with van der Waals surface area (Å²) in [6.45, 7) is 0. The number of rotatable bonds is 2. The molecule has 1 aromatic carbocycles. The Balaban J connectivity index is 2.42. The van der Waals surface area contributed by atoms with Crippen LogP contribution in [-0.4, -0.2) is 12.1 Å². The third-order valence-electron chi connectivity index (χ3n) is 2.13. The van der Waals surface area contributed by atoms with Gasteiger partial charge in [0.05, 0.1) is 7.11 Å². The summed E-state index contributed by atoms with van der Waals surface area (Å²) in [5.41, 5.74) is 1.97. The lowest BCUT2D eigenvalue weighted by Gasteiger charge is -2.04. The number of ether oxygens (including phenoxy) is 1. The zero-order chi connectivity index (χ0) is 10.7. The van der Waals surface area contributed by atoms with Crippen LogP contribution in [0.15, 0.2) is 42.6 Å². The number of halogens is 1. The van der Waals surface area contributed by atoms with E-state index in [0.717, 1.165) is 16.1 Å². The molecule has 0 spiro atoms. The molecule has 0 N–H and O–H groups in total. The summed E-state index contributed by atoms with van der Waals surface area (Å²) in [6.07, 6.45) is 1.75. The largest absolute Gasteiger partial charge is 0.481 e. The molecule has 15 heavy (non-hydrogen) atoms. The lowest BCUT2D eigenvalue weighted by molar-refractivity contribution is 0.398. The molecular weight excluding hydrogens is 210 g/mol. The van der Waals surface area contributed by atoms with Gasteiger partial charge in [0.15, 0.2) is 0 Å². The van der Waals surface area contributed by atoms with Crippen LogP contribution >= 0.6 is 11.6 Å². The molecule has 0 aliphatic heterocycles.